The lowest BCUT2D eigenvalue weighted by Crippen LogP contribution is -2.14. The molecule has 0 saturated heterocycles. The molecule has 1 aromatic carbocycles. The molecule has 2 aromatic rings. The number of esters is 1. The Morgan fingerprint density at radius 3 is 2.76 bits per heavy atom. The van der Waals surface area contributed by atoms with Crippen LogP contribution in [0.15, 0.2) is 24.3 Å². The van der Waals surface area contributed by atoms with E-state index in [2.05, 4.69) is 16.5 Å². The highest BCUT2D eigenvalue weighted by Crippen LogP contribution is 2.25. The Hall–Kier alpha value is -1.82. The summed E-state index contributed by atoms with van der Waals surface area (Å²) < 4.78 is 22.2. The van der Waals surface area contributed by atoms with Crippen molar-refractivity contribution >= 4 is 17.5 Å². The van der Waals surface area contributed by atoms with Crippen molar-refractivity contribution in [3.63, 3.8) is 0 Å². The second-order valence-corrected chi connectivity index (χ2v) is 5.57. The van der Waals surface area contributed by atoms with E-state index in [-0.39, 0.29) is 11.9 Å². The molecule has 0 aliphatic heterocycles. The molecule has 4 nitrogen and oxygen atoms in total. The molecule has 21 heavy (non-hydrogen) atoms. The highest BCUT2D eigenvalue weighted by Gasteiger charge is 2.21. The number of aromatic nitrogens is 2. The van der Waals surface area contributed by atoms with E-state index in [1.165, 1.54) is 12.1 Å². The first-order chi connectivity index (χ1) is 10.1. The summed E-state index contributed by atoms with van der Waals surface area (Å²) in [6.07, 6.45) is 2.77. The summed E-state index contributed by atoms with van der Waals surface area (Å²) in [4.78, 5) is 12.5. The summed E-state index contributed by atoms with van der Waals surface area (Å²) in [7, 11) is 0. The van der Waals surface area contributed by atoms with Crippen molar-refractivity contribution in [1.29, 1.82) is 0 Å². The predicted octanol–water partition coefficient (Wildman–Crippen LogP) is 4.08. The highest BCUT2D eigenvalue weighted by atomic mass is 32.1. The molecular formula is C15H17FN2O2S. The van der Waals surface area contributed by atoms with E-state index in [9.17, 15) is 9.18 Å². The van der Waals surface area contributed by atoms with Gasteiger partial charge in [-0.05, 0) is 49.1 Å². The van der Waals surface area contributed by atoms with Crippen molar-refractivity contribution in [1.82, 2.24) is 9.59 Å². The molecule has 2 rings (SSSR count). The van der Waals surface area contributed by atoms with Gasteiger partial charge >= 0.3 is 5.97 Å². The average Bonchev–Trinajstić information content (AvgIpc) is 2.95. The molecule has 0 radical (unpaired) electrons. The quantitative estimate of drug-likeness (QED) is 0.755. The van der Waals surface area contributed by atoms with Crippen LogP contribution in [0.25, 0.3) is 11.3 Å². The standard InChI is InChI=1S/C15H17FN2O2S/c1-3-4-5-10(2)20-15(19)14-13(17-18-21-14)11-6-8-12(16)9-7-11/h6-10H,3-5H2,1-2H3. The number of hydrogen-bond acceptors (Lipinski definition) is 5. The van der Waals surface area contributed by atoms with E-state index in [1.54, 1.807) is 12.1 Å². The van der Waals surface area contributed by atoms with Gasteiger partial charge in [-0.2, -0.15) is 0 Å². The first-order valence-corrected chi connectivity index (χ1v) is 7.68. The second-order valence-electron chi connectivity index (χ2n) is 4.82. The molecule has 6 heteroatoms. The van der Waals surface area contributed by atoms with E-state index < -0.39 is 5.97 Å². The van der Waals surface area contributed by atoms with E-state index in [0.29, 0.717) is 16.1 Å². The van der Waals surface area contributed by atoms with Crippen LogP contribution in [0.2, 0.25) is 0 Å². The lowest BCUT2D eigenvalue weighted by Gasteiger charge is -2.12. The van der Waals surface area contributed by atoms with Crippen LogP contribution in [0, 0.1) is 5.82 Å². The SMILES string of the molecule is CCCCC(C)OC(=O)c1snnc1-c1ccc(F)cc1. The minimum absolute atomic E-state index is 0.138. The molecule has 0 bridgehead atoms. The van der Waals surface area contributed by atoms with Crippen LogP contribution >= 0.6 is 11.5 Å². The maximum Gasteiger partial charge on any atom is 0.352 e. The van der Waals surface area contributed by atoms with Crippen LogP contribution in [-0.2, 0) is 4.74 Å². The van der Waals surface area contributed by atoms with E-state index in [1.807, 2.05) is 6.92 Å². The molecule has 112 valence electrons. The molecule has 1 unspecified atom stereocenters. The Balaban J connectivity index is 2.12. The van der Waals surface area contributed by atoms with Gasteiger partial charge in [-0.3, -0.25) is 0 Å². The highest BCUT2D eigenvalue weighted by molar-refractivity contribution is 7.08. The molecule has 0 saturated carbocycles. The Morgan fingerprint density at radius 2 is 2.10 bits per heavy atom. The molecule has 0 aliphatic rings. The average molecular weight is 308 g/mol. The third-order valence-corrected chi connectivity index (χ3v) is 3.77. The second kappa shape index (κ2) is 7.26. The molecule has 0 fully saturated rings. The van der Waals surface area contributed by atoms with Crippen LogP contribution in [0.3, 0.4) is 0 Å². The van der Waals surface area contributed by atoms with Crippen molar-refractivity contribution in [3.8, 4) is 11.3 Å². The summed E-state index contributed by atoms with van der Waals surface area (Å²) in [6.45, 7) is 3.97. The largest absolute Gasteiger partial charge is 0.458 e. The van der Waals surface area contributed by atoms with Crippen molar-refractivity contribution in [2.75, 3.05) is 0 Å². The number of carbonyl (C=O) groups is 1. The van der Waals surface area contributed by atoms with Gasteiger partial charge in [-0.15, -0.1) is 5.10 Å². The predicted molar refractivity (Wildman–Crippen MR) is 79.7 cm³/mol. The maximum absolute atomic E-state index is 13.0. The van der Waals surface area contributed by atoms with Gasteiger partial charge in [0.1, 0.15) is 11.5 Å². The van der Waals surface area contributed by atoms with Crippen LogP contribution in [-0.4, -0.2) is 21.7 Å². The molecular weight excluding hydrogens is 291 g/mol. The molecule has 1 heterocycles. The molecule has 0 aliphatic carbocycles. The minimum Gasteiger partial charge on any atom is -0.458 e. The number of hydrogen-bond donors (Lipinski definition) is 0. The van der Waals surface area contributed by atoms with Crippen molar-refractivity contribution in [2.45, 2.75) is 39.2 Å². The summed E-state index contributed by atoms with van der Waals surface area (Å²) in [5.74, 6) is -0.757. The number of halogens is 1. The van der Waals surface area contributed by atoms with Gasteiger partial charge in [0, 0.05) is 5.56 Å². The van der Waals surface area contributed by atoms with Crippen LogP contribution in [0.1, 0.15) is 42.8 Å². The first kappa shape index (κ1) is 15.6. The maximum atomic E-state index is 13.0. The van der Waals surface area contributed by atoms with Gasteiger partial charge in [-0.1, -0.05) is 24.3 Å². The van der Waals surface area contributed by atoms with E-state index in [4.69, 9.17) is 4.74 Å². The van der Waals surface area contributed by atoms with E-state index in [0.717, 1.165) is 30.8 Å². The monoisotopic (exact) mass is 308 g/mol. The first-order valence-electron chi connectivity index (χ1n) is 6.91. The molecule has 1 aromatic heterocycles. The lowest BCUT2D eigenvalue weighted by atomic mass is 10.1. The fraction of sp³-hybridized carbons (Fsp3) is 0.400. The normalized spacial score (nSPS) is 12.1. The zero-order valence-corrected chi connectivity index (χ0v) is 12.8. The summed E-state index contributed by atoms with van der Waals surface area (Å²) in [6, 6.07) is 5.80. The van der Waals surface area contributed by atoms with Crippen LogP contribution < -0.4 is 0 Å². The third kappa shape index (κ3) is 4.07. The number of rotatable bonds is 6. The topological polar surface area (TPSA) is 52.1 Å². The Bertz CT molecular complexity index is 598. The Kier molecular flexibility index (Phi) is 5.38. The summed E-state index contributed by atoms with van der Waals surface area (Å²) in [5.41, 5.74) is 1.09. The van der Waals surface area contributed by atoms with Crippen molar-refractivity contribution < 1.29 is 13.9 Å². The van der Waals surface area contributed by atoms with Gasteiger partial charge in [0.25, 0.3) is 0 Å². The number of ether oxygens (including phenoxy) is 1. The molecule has 0 spiro atoms. The minimum atomic E-state index is -0.423. The number of unbranched alkanes of at least 4 members (excludes halogenated alkanes) is 1. The van der Waals surface area contributed by atoms with Gasteiger partial charge < -0.3 is 4.74 Å². The van der Waals surface area contributed by atoms with Gasteiger partial charge in [-0.25, -0.2) is 9.18 Å². The van der Waals surface area contributed by atoms with E-state index >= 15 is 0 Å². The van der Waals surface area contributed by atoms with Gasteiger partial charge in [0.05, 0.1) is 6.10 Å². The number of benzene rings is 1. The zero-order valence-electron chi connectivity index (χ0n) is 12.0. The molecule has 0 amide bonds. The van der Waals surface area contributed by atoms with Gasteiger partial charge in [0.2, 0.25) is 0 Å². The van der Waals surface area contributed by atoms with Crippen molar-refractivity contribution in [3.05, 3.63) is 35.0 Å². The van der Waals surface area contributed by atoms with Crippen molar-refractivity contribution in [2.24, 2.45) is 0 Å². The third-order valence-electron chi connectivity index (χ3n) is 3.06. The Morgan fingerprint density at radius 1 is 1.38 bits per heavy atom. The molecule has 1 atom stereocenters. The zero-order chi connectivity index (χ0) is 15.2. The van der Waals surface area contributed by atoms with Crippen LogP contribution in [0.4, 0.5) is 4.39 Å². The fourth-order valence-corrected chi connectivity index (χ4v) is 2.48. The number of carbonyl (C=O) groups excluding carboxylic acids is 1. The Labute approximate surface area is 127 Å². The summed E-state index contributed by atoms with van der Waals surface area (Å²) >= 11 is 0.993. The smallest absolute Gasteiger partial charge is 0.352 e. The number of nitrogens with zero attached hydrogens (tertiary/aromatic N) is 2. The van der Waals surface area contributed by atoms with Crippen LogP contribution in [0.5, 0.6) is 0 Å². The molecule has 0 N–H and O–H groups in total. The lowest BCUT2D eigenvalue weighted by molar-refractivity contribution is 0.0327. The fourth-order valence-electron chi connectivity index (χ4n) is 1.91. The van der Waals surface area contributed by atoms with Gasteiger partial charge in [0.15, 0.2) is 4.88 Å². The summed E-state index contributed by atoms with van der Waals surface area (Å²) in [5, 5.41) is 3.95.